The smallest absolute Gasteiger partial charge is 0.344 e. The number of benzene rings is 2. The van der Waals surface area contributed by atoms with E-state index in [-0.39, 0.29) is 11.6 Å². The summed E-state index contributed by atoms with van der Waals surface area (Å²) in [6, 6.07) is 11.9. The highest BCUT2D eigenvalue weighted by Crippen LogP contribution is 2.27. The van der Waals surface area contributed by atoms with Crippen molar-refractivity contribution in [1.29, 1.82) is 0 Å². The summed E-state index contributed by atoms with van der Waals surface area (Å²) < 4.78 is 10.1. The van der Waals surface area contributed by atoms with Crippen molar-refractivity contribution in [1.82, 2.24) is 0 Å². The SMILES string of the molecule is Cc1cccc(NC(=O)COC(=O)COc2ccc(Cl)cc2Cl)c1. The van der Waals surface area contributed by atoms with Crippen molar-refractivity contribution in [3.05, 3.63) is 58.1 Å². The van der Waals surface area contributed by atoms with Gasteiger partial charge >= 0.3 is 5.97 Å². The van der Waals surface area contributed by atoms with Crippen molar-refractivity contribution < 1.29 is 19.1 Å². The van der Waals surface area contributed by atoms with Crippen molar-refractivity contribution in [3.8, 4) is 5.75 Å². The third kappa shape index (κ3) is 5.76. The lowest BCUT2D eigenvalue weighted by Gasteiger charge is -2.09. The zero-order valence-electron chi connectivity index (χ0n) is 12.8. The third-order valence-corrected chi connectivity index (χ3v) is 3.44. The van der Waals surface area contributed by atoms with Crippen LogP contribution in [-0.2, 0) is 14.3 Å². The van der Waals surface area contributed by atoms with E-state index in [1.807, 2.05) is 25.1 Å². The molecule has 1 amide bonds. The molecule has 1 N–H and O–H groups in total. The van der Waals surface area contributed by atoms with Gasteiger partial charge in [0.15, 0.2) is 13.2 Å². The molecule has 2 rings (SSSR count). The molecule has 0 aliphatic heterocycles. The van der Waals surface area contributed by atoms with Crippen LogP contribution in [0.5, 0.6) is 5.75 Å². The number of rotatable bonds is 6. The molecule has 0 saturated heterocycles. The summed E-state index contributed by atoms with van der Waals surface area (Å²) in [5, 5.41) is 3.38. The number of ether oxygens (including phenoxy) is 2. The second-order valence-electron chi connectivity index (χ2n) is 4.94. The Morgan fingerprint density at radius 3 is 2.58 bits per heavy atom. The van der Waals surface area contributed by atoms with Gasteiger partial charge in [0.1, 0.15) is 5.75 Å². The van der Waals surface area contributed by atoms with E-state index in [4.69, 9.17) is 32.7 Å². The van der Waals surface area contributed by atoms with Gasteiger partial charge in [0.25, 0.3) is 5.91 Å². The minimum atomic E-state index is -0.680. The normalized spacial score (nSPS) is 10.1. The monoisotopic (exact) mass is 367 g/mol. The third-order valence-electron chi connectivity index (χ3n) is 2.91. The molecule has 0 aromatic heterocycles. The van der Waals surface area contributed by atoms with Crippen LogP contribution in [-0.4, -0.2) is 25.1 Å². The first-order valence-electron chi connectivity index (χ1n) is 7.04. The number of aryl methyl sites for hydroxylation is 1. The van der Waals surface area contributed by atoms with Gasteiger partial charge in [0.05, 0.1) is 5.02 Å². The largest absolute Gasteiger partial charge is 0.480 e. The van der Waals surface area contributed by atoms with Gasteiger partial charge in [-0.25, -0.2) is 4.79 Å². The van der Waals surface area contributed by atoms with Crippen LogP contribution in [0.15, 0.2) is 42.5 Å². The molecule has 0 bridgehead atoms. The molecule has 0 fully saturated rings. The van der Waals surface area contributed by atoms with Crippen molar-refractivity contribution in [2.45, 2.75) is 6.92 Å². The highest BCUT2D eigenvalue weighted by atomic mass is 35.5. The number of hydrogen-bond donors (Lipinski definition) is 1. The summed E-state index contributed by atoms with van der Waals surface area (Å²) in [7, 11) is 0. The summed E-state index contributed by atoms with van der Waals surface area (Å²) >= 11 is 11.7. The average molecular weight is 368 g/mol. The van der Waals surface area contributed by atoms with Crippen LogP contribution in [0.4, 0.5) is 5.69 Å². The molecule has 0 aliphatic carbocycles. The Balaban J connectivity index is 1.75. The summed E-state index contributed by atoms with van der Waals surface area (Å²) in [6.45, 7) is 1.15. The molecule has 0 spiro atoms. The molecule has 0 unspecified atom stereocenters. The Morgan fingerprint density at radius 2 is 1.88 bits per heavy atom. The molecule has 0 atom stereocenters. The molecule has 7 heteroatoms. The fourth-order valence-corrected chi connectivity index (χ4v) is 2.30. The molecule has 0 radical (unpaired) electrons. The number of hydrogen-bond acceptors (Lipinski definition) is 4. The van der Waals surface area contributed by atoms with Crippen molar-refractivity contribution in [2.75, 3.05) is 18.5 Å². The molecular weight excluding hydrogens is 353 g/mol. The summed E-state index contributed by atoms with van der Waals surface area (Å²) in [5.41, 5.74) is 1.65. The van der Waals surface area contributed by atoms with E-state index in [0.29, 0.717) is 16.5 Å². The van der Waals surface area contributed by atoms with Crippen LogP contribution in [0, 0.1) is 6.92 Å². The van der Waals surface area contributed by atoms with Crippen LogP contribution >= 0.6 is 23.2 Å². The summed E-state index contributed by atoms with van der Waals surface area (Å²) in [6.07, 6.45) is 0. The van der Waals surface area contributed by atoms with Crippen LogP contribution < -0.4 is 10.1 Å². The van der Waals surface area contributed by atoms with E-state index in [1.54, 1.807) is 18.2 Å². The quantitative estimate of drug-likeness (QED) is 0.787. The van der Waals surface area contributed by atoms with Gasteiger partial charge in [0.2, 0.25) is 0 Å². The molecule has 24 heavy (non-hydrogen) atoms. The Bertz CT molecular complexity index is 749. The molecule has 0 aliphatic rings. The lowest BCUT2D eigenvalue weighted by molar-refractivity contribution is -0.149. The van der Waals surface area contributed by atoms with E-state index in [0.717, 1.165) is 5.56 Å². The number of anilines is 1. The van der Waals surface area contributed by atoms with E-state index in [1.165, 1.54) is 6.07 Å². The number of carbonyl (C=O) groups excluding carboxylic acids is 2. The van der Waals surface area contributed by atoms with Crippen molar-refractivity contribution >= 4 is 40.8 Å². The van der Waals surface area contributed by atoms with Gasteiger partial charge in [-0.15, -0.1) is 0 Å². The number of esters is 1. The molecule has 2 aromatic rings. The summed E-state index contributed by atoms with van der Waals surface area (Å²) in [5.74, 6) is -0.805. The first kappa shape index (κ1) is 18.1. The maximum atomic E-state index is 11.7. The molecule has 5 nitrogen and oxygen atoms in total. The standard InChI is InChI=1S/C17H15Cl2NO4/c1-11-3-2-4-13(7-11)20-16(21)9-24-17(22)10-23-15-6-5-12(18)8-14(15)19/h2-8H,9-10H2,1H3,(H,20,21). The van der Waals surface area contributed by atoms with Crippen LogP contribution in [0.2, 0.25) is 10.0 Å². The fourth-order valence-electron chi connectivity index (χ4n) is 1.84. The summed E-state index contributed by atoms with van der Waals surface area (Å²) in [4.78, 5) is 23.3. The zero-order valence-corrected chi connectivity index (χ0v) is 14.4. The fraction of sp³-hybridized carbons (Fsp3) is 0.176. The average Bonchev–Trinajstić information content (AvgIpc) is 2.52. The first-order valence-corrected chi connectivity index (χ1v) is 7.79. The van der Waals surface area contributed by atoms with Gasteiger partial charge < -0.3 is 14.8 Å². The highest BCUT2D eigenvalue weighted by molar-refractivity contribution is 6.35. The number of carbonyl (C=O) groups is 2. The highest BCUT2D eigenvalue weighted by Gasteiger charge is 2.10. The minimum Gasteiger partial charge on any atom is -0.480 e. The van der Waals surface area contributed by atoms with E-state index < -0.39 is 18.5 Å². The Kier molecular flexibility index (Phi) is 6.46. The Labute approximate surface area is 149 Å². The van der Waals surface area contributed by atoms with Gasteiger partial charge in [-0.05, 0) is 42.8 Å². The lowest BCUT2D eigenvalue weighted by atomic mass is 10.2. The Morgan fingerprint density at radius 1 is 1.08 bits per heavy atom. The lowest BCUT2D eigenvalue weighted by Crippen LogP contribution is -2.23. The van der Waals surface area contributed by atoms with Crippen molar-refractivity contribution in [3.63, 3.8) is 0 Å². The van der Waals surface area contributed by atoms with Crippen LogP contribution in [0.1, 0.15) is 5.56 Å². The molecular formula is C17H15Cl2NO4. The Hall–Kier alpha value is -2.24. The molecule has 0 heterocycles. The predicted molar refractivity (Wildman–Crippen MR) is 92.7 cm³/mol. The zero-order chi connectivity index (χ0) is 17.5. The second kappa shape index (κ2) is 8.57. The second-order valence-corrected chi connectivity index (χ2v) is 5.79. The predicted octanol–water partition coefficient (Wildman–Crippen LogP) is 3.86. The van der Waals surface area contributed by atoms with Crippen molar-refractivity contribution in [2.24, 2.45) is 0 Å². The maximum absolute atomic E-state index is 11.7. The molecule has 126 valence electrons. The number of halogens is 2. The first-order chi connectivity index (χ1) is 11.4. The van der Waals surface area contributed by atoms with Gasteiger partial charge in [0, 0.05) is 10.7 Å². The number of nitrogens with one attached hydrogen (secondary N) is 1. The van der Waals surface area contributed by atoms with E-state index in [9.17, 15) is 9.59 Å². The van der Waals surface area contributed by atoms with Crippen LogP contribution in [0.25, 0.3) is 0 Å². The molecule has 2 aromatic carbocycles. The topological polar surface area (TPSA) is 64.6 Å². The van der Waals surface area contributed by atoms with E-state index >= 15 is 0 Å². The van der Waals surface area contributed by atoms with Gasteiger partial charge in [-0.2, -0.15) is 0 Å². The van der Waals surface area contributed by atoms with E-state index in [2.05, 4.69) is 5.32 Å². The van der Waals surface area contributed by atoms with Gasteiger partial charge in [-0.1, -0.05) is 35.3 Å². The maximum Gasteiger partial charge on any atom is 0.344 e. The number of amides is 1. The van der Waals surface area contributed by atoms with Crippen LogP contribution in [0.3, 0.4) is 0 Å². The van der Waals surface area contributed by atoms with Gasteiger partial charge in [-0.3, -0.25) is 4.79 Å². The molecule has 0 saturated carbocycles. The minimum absolute atomic E-state index is 0.285.